The van der Waals surface area contributed by atoms with Crippen LogP contribution in [0.5, 0.6) is 11.5 Å². The monoisotopic (exact) mass is 463 g/mol. The topological polar surface area (TPSA) is 124 Å². The number of aromatic nitrogens is 3. The number of carbonyl (C=O) groups excluding carboxylic acids is 1. The summed E-state index contributed by atoms with van der Waals surface area (Å²) in [6.07, 6.45) is 0.467. The largest absolute Gasteiger partial charge is 0.493 e. The first-order chi connectivity index (χ1) is 14.9. The number of nitrogens with one attached hydrogen (secondary N) is 2. The third kappa shape index (κ3) is 5.27. The maximum Gasteiger partial charge on any atom is 0.276 e. The first kappa shape index (κ1) is 22.4. The van der Waals surface area contributed by atoms with Gasteiger partial charge >= 0.3 is 0 Å². The Morgan fingerprint density at radius 2 is 2.10 bits per heavy atom. The number of rotatable bonds is 10. The molecule has 0 unspecified atom stereocenters. The van der Waals surface area contributed by atoms with Crippen LogP contribution in [0.1, 0.15) is 12.0 Å². The zero-order valence-electron chi connectivity index (χ0n) is 16.9. The summed E-state index contributed by atoms with van der Waals surface area (Å²) in [4.78, 5) is 24.2. The number of nitrogens with zero attached hydrogens (tertiary/aromatic N) is 3. The lowest BCUT2D eigenvalue weighted by Crippen LogP contribution is -2.26. The van der Waals surface area contributed by atoms with Gasteiger partial charge in [-0.15, -0.1) is 11.3 Å². The van der Waals surface area contributed by atoms with E-state index >= 15 is 0 Å². The molecule has 0 aliphatic carbocycles. The molecule has 164 valence electrons. The van der Waals surface area contributed by atoms with Gasteiger partial charge in [0.1, 0.15) is 0 Å². The molecule has 0 saturated carbocycles. The second-order valence-corrected chi connectivity index (χ2v) is 7.76. The van der Waals surface area contributed by atoms with Crippen LogP contribution >= 0.6 is 23.6 Å². The maximum atomic E-state index is 12.3. The van der Waals surface area contributed by atoms with Gasteiger partial charge in [-0.05, 0) is 36.2 Å². The second kappa shape index (κ2) is 10.2. The molecule has 2 N–H and O–H groups in total. The van der Waals surface area contributed by atoms with Gasteiger partial charge in [-0.3, -0.25) is 24.6 Å². The molecule has 0 saturated heterocycles. The summed E-state index contributed by atoms with van der Waals surface area (Å²) in [5.74, 6) is 1.17. The predicted molar refractivity (Wildman–Crippen MR) is 118 cm³/mol. The Labute approximate surface area is 187 Å². The molecular weight excluding hydrogens is 442 g/mol. The smallest absolute Gasteiger partial charge is 0.276 e. The molecule has 0 radical (unpaired) electrons. The fraction of sp³-hybridized carbons (Fsp3) is 0.316. The molecule has 2 heterocycles. The summed E-state index contributed by atoms with van der Waals surface area (Å²) in [7, 11) is 2.87. The van der Waals surface area contributed by atoms with Crippen molar-refractivity contribution in [1.82, 2.24) is 20.1 Å². The number of nitro benzene ring substituents is 1. The molecule has 0 fully saturated rings. The van der Waals surface area contributed by atoms with Crippen molar-refractivity contribution < 1.29 is 19.2 Å². The predicted octanol–water partition coefficient (Wildman–Crippen LogP) is 3.34. The standard InChI is InChI=1S/C19H21N5O5S2/c1-28-14-10-12(13(24(26)27)11-15(14)29-2)5-7-20-17(25)6-8-23-18(21-22-19(23)30)16-4-3-9-31-16/h3-4,9-11H,5-8H2,1-2H3,(H,20,25)(H,22,30). The maximum absolute atomic E-state index is 12.3. The first-order valence-electron chi connectivity index (χ1n) is 9.29. The zero-order valence-corrected chi connectivity index (χ0v) is 18.5. The van der Waals surface area contributed by atoms with Crippen LogP contribution in [0.25, 0.3) is 10.7 Å². The summed E-state index contributed by atoms with van der Waals surface area (Å²) in [6.45, 7) is 0.606. The normalized spacial score (nSPS) is 10.6. The Balaban J connectivity index is 1.60. The fourth-order valence-corrected chi connectivity index (χ4v) is 3.98. The van der Waals surface area contributed by atoms with Gasteiger partial charge in [0.05, 0.1) is 30.1 Å². The summed E-state index contributed by atoms with van der Waals surface area (Å²) in [5.41, 5.74) is 0.358. The number of ether oxygens (including phenoxy) is 2. The number of aromatic amines is 1. The van der Waals surface area contributed by atoms with Crippen LogP contribution in [0, 0.1) is 14.9 Å². The Hall–Kier alpha value is -3.25. The van der Waals surface area contributed by atoms with Crippen LogP contribution < -0.4 is 14.8 Å². The van der Waals surface area contributed by atoms with Gasteiger partial charge in [0.15, 0.2) is 22.1 Å². The molecule has 1 aromatic carbocycles. The highest BCUT2D eigenvalue weighted by Gasteiger charge is 2.19. The molecule has 31 heavy (non-hydrogen) atoms. The zero-order chi connectivity index (χ0) is 22.4. The quantitative estimate of drug-likeness (QED) is 0.268. The van der Waals surface area contributed by atoms with E-state index in [0.29, 0.717) is 28.5 Å². The van der Waals surface area contributed by atoms with E-state index in [4.69, 9.17) is 21.7 Å². The van der Waals surface area contributed by atoms with Crippen molar-refractivity contribution >= 4 is 35.1 Å². The van der Waals surface area contributed by atoms with E-state index in [9.17, 15) is 14.9 Å². The molecule has 0 atom stereocenters. The number of H-pyrrole nitrogens is 1. The van der Waals surface area contributed by atoms with Crippen LogP contribution in [-0.4, -0.2) is 46.4 Å². The third-order valence-electron chi connectivity index (χ3n) is 4.56. The van der Waals surface area contributed by atoms with Crippen molar-refractivity contribution in [2.24, 2.45) is 0 Å². The van der Waals surface area contributed by atoms with Crippen molar-refractivity contribution in [1.29, 1.82) is 0 Å². The van der Waals surface area contributed by atoms with E-state index in [0.717, 1.165) is 4.88 Å². The van der Waals surface area contributed by atoms with Crippen LogP contribution in [0.2, 0.25) is 0 Å². The molecule has 0 aliphatic heterocycles. The SMILES string of the molecule is COc1cc(CCNC(=O)CCn2c(-c3cccs3)n[nH]c2=S)c([N+](=O)[O-])cc1OC. The summed E-state index contributed by atoms with van der Waals surface area (Å²) in [5, 5.41) is 23.1. The number of benzene rings is 1. The lowest BCUT2D eigenvalue weighted by Gasteiger charge is -2.11. The number of nitro groups is 1. The van der Waals surface area contributed by atoms with Crippen molar-refractivity contribution in [3.63, 3.8) is 0 Å². The van der Waals surface area contributed by atoms with Gasteiger partial charge in [-0.25, -0.2) is 0 Å². The molecule has 3 rings (SSSR count). The highest BCUT2D eigenvalue weighted by atomic mass is 32.1. The van der Waals surface area contributed by atoms with Crippen LogP contribution in [-0.2, 0) is 17.8 Å². The number of methoxy groups -OCH3 is 2. The molecule has 2 aromatic heterocycles. The minimum absolute atomic E-state index is 0.0859. The molecule has 0 aliphatic rings. The minimum Gasteiger partial charge on any atom is -0.493 e. The fourth-order valence-electron chi connectivity index (χ4n) is 3.04. The summed E-state index contributed by atoms with van der Waals surface area (Å²) < 4.78 is 12.6. The molecule has 1 amide bonds. The van der Waals surface area contributed by atoms with Crippen LogP contribution in [0.4, 0.5) is 5.69 Å². The average Bonchev–Trinajstić information content (AvgIpc) is 3.41. The molecule has 10 nitrogen and oxygen atoms in total. The first-order valence-corrected chi connectivity index (χ1v) is 10.6. The molecule has 0 bridgehead atoms. The molecule has 3 aromatic rings. The highest BCUT2D eigenvalue weighted by molar-refractivity contribution is 7.71. The Bertz CT molecular complexity index is 1120. The molecule has 0 spiro atoms. The molecule has 12 heteroatoms. The van der Waals surface area contributed by atoms with E-state index in [-0.39, 0.29) is 36.7 Å². The minimum atomic E-state index is -0.480. The van der Waals surface area contributed by atoms with Gasteiger partial charge in [0.2, 0.25) is 5.91 Å². The van der Waals surface area contributed by atoms with Crippen LogP contribution in [0.3, 0.4) is 0 Å². The van der Waals surface area contributed by atoms with Crippen molar-refractivity contribution in [2.75, 3.05) is 20.8 Å². The highest BCUT2D eigenvalue weighted by Crippen LogP contribution is 2.34. The molecular formula is C19H21N5O5S2. The van der Waals surface area contributed by atoms with E-state index < -0.39 is 4.92 Å². The van der Waals surface area contributed by atoms with Gasteiger partial charge < -0.3 is 14.8 Å². The number of hydrogen-bond acceptors (Lipinski definition) is 8. The van der Waals surface area contributed by atoms with E-state index in [1.807, 2.05) is 17.5 Å². The Morgan fingerprint density at radius 1 is 1.35 bits per heavy atom. The number of thiophene rings is 1. The average molecular weight is 464 g/mol. The van der Waals surface area contributed by atoms with E-state index in [2.05, 4.69) is 15.5 Å². The van der Waals surface area contributed by atoms with Crippen molar-refractivity contribution in [3.8, 4) is 22.2 Å². The van der Waals surface area contributed by atoms with Gasteiger partial charge in [-0.2, -0.15) is 5.10 Å². The van der Waals surface area contributed by atoms with Crippen molar-refractivity contribution in [2.45, 2.75) is 19.4 Å². The lowest BCUT2D eigenvalue weighted by molar-refractivity contribution is -0.385. The number of hydrogen-bond donors (Lipinski definition) is 2. The Kier molecular flexibility index (Phi) is 7.36. The number of carbonyl (C=O) groups is 1. The van der Waals surface area contributed by atoms with E-state index in [1.54, 1.807) is 10.6 Å². The van der Waals surface area contributed by atoms with Crippen LogP contribution in [0.15, 0.2) is 29.6 Å². The lowest BCUT2D eigenvalue weighted by atomic mass is 10.1. The Morgan fingerprint density at radius 3 is 2.74 bits per heavy atom. The number of amides is 1. The van der Waals surface area contributed by atoms with Gasteiger partial charge in [0, 0.05) is 25.1 Å². The second-order valence-electron chi connectivity index (χ2n) is 6.42. The summed E-state index contributed by atoms with van der Waals surface area (Å²) >= 11 is 6.80. The van der Waals surface area contributed by atoms with Gasteiger partial charge in [-0.1, -0.05) is 6.07 Å². The van der Waals surface area contributed by atoms with Crippen molar-refractivity contribution in [3.05, 3.63) is 50.1 Å². The summed E-state index contributed by atoms with van der Waals surface area (Å²) in [6, 6.07) is 6.73. The third-order valence-corrected chi connectivity index (χ3v) is 5.74. The van der Waals surface area contributed by atoms with E-state index in [1.165, 1.54) is 31.6 Å². The van der Waals surface area contributed by atoms with Gasteiger partial charge in [0.25, 0.3) is 5.69 Å².